The molecule has 1 fully saturated rings. The molecule has 1 saturated heterocycles. The summed E-state index contributed by atoms with van der Waals surface area (Å²) in [6, 6.07) is 3.60. The standard InChI is InChI=1S/C12H10BrClF3NO/c13-8-1-2-9(12(15,16)17)10(4-8)18-6-7(5-14)3-11(18)19/h1-2,4,7H,3,5-6H2. The summed E-state index contributed by atoms with van der Waals surface area (Å²) in [5, 5.41) is 0. The van der Waals surface area contributed by atoms with Crippen molar-refractivity contribution < 1.29 is 18.0 Å². The summed E-state index contributed by atoms with van der Waals surface area (Å²) >= 11 is 8.81. The van der Waals surface area contributed by atoms with Gasteiger partial charge in [0.25, 0.3) is 0 Å². The lowest BCUT2D eigenvalue weighted by molar-refractivity contribution is -0.137. The van der Waals surface area contributed by atoms with Crippen molar-refractivity contribution in [1.29, 1.82) is 0 Å². The molecule has 0 bridgehead atoms. The van der Waals surface area contributed by atoms with Gasteiger partial charge in [-0.3, -0.25) is 4.79 Å². The predicted molar refractivity (Wildman–Crippen MR) is 70.3 cm³/mol. The highest BCUT2D eigenvalue weighted by molar-refractivity contribution is 9.10. The quantitative estimate of drug-likeness (QED) is 0.732. The molecule has 0 saturated carbocycles. The lowest BCUT2D eigenvalue weighted by Crippen LogP contribution is -2.27. The van der Waals surface area contributed by atoms with Crippen LogP contribution in [0.25, 0.3) is 0 Å². The van der Waals surface area contributed by atoms with E-state index >= 15 is 0 Å². The van der Waals surface area contributed by atoms with E-state index in [1.807, 2.05) is 0 Å². The zero-order valence-electron chi connectivity index (χ0n) is 9.68. The first-order valence-corrected chi connectivity index (χ1v) is 6.88. The van der Waals surface area contributed by atoms with Crippen molar-refractivity contribution in [1.82, 2.24) is 0 Å². The van der Waals surface area contributed by atoms with Crippen molar-refractivity contribution in [3.05, 3.63) is 28.2 Å². The molecule has 0 spiro atoms. The highest BCUT2D eigenvalue weighted by Crippen LogP contribution is 2.40. The van der Waals surface area contributed by atoms with Gasteiger partial charge in [-0.25, -0.2) is 0 Å². The SMILES string of the molecule is O=C1CC(CCl)CN1c1cc(Br)ccc1C(F)(F)F. The van der Waals surface area contributed by atoms with Gasteiger partial charge in [0, 0.05) is 23.3 Å². The van der Waals surface area contributed by atoms with Crippen LogP contribution < -0.4 is 4.90 Å². The fourth-order valence-electron chi connectivity index (χ4n) is 2.09. The van der Waals surface area contributed by atoms with Gasteiger partial charge in [-0.1, -0.05) is 15.9 Å². The molecule has 1 aromatic rings. The third-order valence-electron chi connectivity index (χ3n) is 2.98. The van der Waals surface area contributed by atoms with E-state index in [1.165, 1.54) is 17.0 Å². The monoisotopic (exact) mass is 355 g/mol. The maximum Gasteiger partial charge on any atom is 0.418 e. The smallest absolute Gasteiger partial charge is 0.311 e. The first-order valence-electron chi connectivity index (χ1n) is 5.56. The molecule has 0 radical (unpaired) electrons. The van der Waals surface area contributed by atoms with Crippen LogP contribution in [0, 0.1) is 5.92 Å². The summed E-state index contributed by atoms with van der Waals surface area (Å²) in [5.74, 6) is -0.166. The average Bonchev–Trinajstić information content (AvgIpc) is 2.68. The molecule has 19 heavy (non-hydrogen) atoms. The van der Waals surface area contributed by atoms with Gasteiger partial charge in [-0.15, -0.1) is 11.6 Å². The molecular weight excluding hydrogens is 346 g/mol. The summed E-state index contributed by atoms with van der Waals surface area (Å²) in [5.41, 5.74) is -0.918. The van der Waals surface area contributed by atoms with Crippen LogP contribution >= 0.6 is 27.5 Å². The van der Waals surface area contributed by atoms with E-state index < -0.39 is 11.7 Å². The first-order chi connectivity index (χ1) is 8.82. The highest BCUT2D eigenvalue weighted by atomic mass is 79.9. The van der Waals surface area contributed by atoms with Crippen LogP contribution in [-0.4, -0.2) is 18.3 Å². The Bertz CT molecular complexity index is 506. The number of nitrogens with zero attached hydrogens (tertiary/aromatic N) is 1. The number of hydrogen-bond acceptors (Lipinski definition) is 1. The number of halogens is 5. The minimum absolute atomic E-state index is 0.103. The molecular formula is C12H10BrClF3NO. The Balaban J connectivity index is 2.44. The Labute approximate surface area is 121 Å². The van der Waals surface area contributed by atoms with Crippen LogP contribution in [-0.2, 0) is 11.0 Å². The Morgan fingerprint density at radius 3 is 2.63 bits per heavy atom. The van der Waals surface area contributed by atoms with Gasteiger partial charge in [0.15, 0.2) is 0 Å². The van der Waals surface area contributed by atoms with Gasteiger partial charge >= 0.3 is 6.18 Å². The van der Waals surface area contributed by atoms with Crippen molar-refractivity contribution in [3.63, 3.8) is 0 Å². The Kier molecular flexibility index (Phi) is 4.11. The minimum atomic E-state index is -4.49. The average molecular weight is 357 g/mol. The van der Waals surface area contributed by atoms with Gasteiger partial charge in [0.1, 0.15) is 0 Å². The van der Waals surface area contributed by atoms with Crippen LogP contribution in [0.5, 0.6) is 0 Å². The molecule has 2 rings (SSSR count). The molecule has 1 unspecified atom stereocenters. The summed E-state index contributed by atoms with van der Waals surface area (Å²) in [6.45, 7) is 0.224. The van der Waals surface area contributed by atoms with Crippen LogP contribution in [0.3, 0.4) is 0 Å². The van der Waals surface area contributed by atoms with E-state index in [0.29, 0.717) is 4.47 Å². The van der Waals surface area contributed by atoms with E-state index in [9.17, 15) is 18.0 Å². The van der Waals surface area contributed by atoms with Gasteiger partial charge in [-0.2, -0.15) is 13.2 Å². The number of alkyl halides is 4. The van der Waals surface area contributed by atoms with Gasteiger partial charge in [0.05, 0.1) is 11.3 Å². The topological polar surface area (TPSA) is 20.3 Å². The molecule has 7 heteroatoms. The largest absolute Gasteiger partial charge is 0.418 e. The van der Waals surface area contributed by atoms with Gasteiger partial charge in [0.2, 0.25) is 5.91 Å². The van der Waals surface area contributed by atoms with Crippen LogP contribution in [0.2, 0.25) is 0 Å². The van der Waals surface area contributed by atoms with Gasteiger partial charge in [-0.05, 0) is 24.1 Å². The second kappa shape index (κ2) is 5.32. The molecule has 1 atom stereocenters. The Morgan fingerprint density at radius 2 is 2.11 bits per heavy atom. The molecule has 1 amide bonds. The zero-order valence-corrected chi connectivity index (χ0v) is 12.0. The predicted octanol–water partition coefficient (Wildman–Crippen LogP) is 4.06. The summed E-state index contributed by atoms with van der Waals surface area (Å²) in [4.78, 5) is 13.0. The molecule has 0 aromatic heterocycles. The maximum atomic E-state index is 13.0. The van der Waals surface area contributed by atoms with Crippen molar-refractivity contribution in [2.75, 3.05) is 17.3 Å². The molecule has 0 N–H and O–H groups in total. The highest BCUT2D eigenvalue weighted by Gasteiger charge is 2.38. The molecule has 2 nitrogen and oxygen atoms in total. The van der Waals surface area contributed by atoms with E-state index in [4.69, 9.17) is 11.6 Å². The number of benzene rings is 1. The summed E-state index contributed by atoms with van der Waals surface area (Å²) < 4.78 is 39.4. The second-order valence-corrected chi connectivity index (χ2v) is 5.61. The van der Waals surface area contributed by atoms with E-state index in [1.54, 1.807) is 0 Å². The Morgan fingerprint density at radius 1 is 1.42 bits per heavy atom. The minimum Gasteiger partial charge on any atom is -0.311 e. The van der Waals surface area contributed by atoms with Gasteiger partial charge < -0.3 is 4.90 Å². The number of anilines is 1. The fraction of sp³-hybridized carbons (Fsp3) is 0.417. The van der Waals surface area contributed by atoms with E-state index in [0.717, 1.165) is 6.07 Å². The lowest BCUT2D eigenvalue weighted by atomic mass is 10.1. The summed E-state index contributed by atoms with van der Waals surface area (Å²) in [6.07, 6.45) is -4.30. The summed E-state index contributed by atoms with van der Waals surface area (Å²) in [7, 11) is 0. The second-order valence-electron chi connectivity index (χ2n) is 4.39. The molecule has 1 aliphatic heterocycles. The lowest BCUT2D eigenvalue weighted by Gasteiger charge is -2.22. The van der Waals surface area contributed by atoms with E-state index in [-0.39, 0.29) is 36.4 Å². The number of amides is 1. The third-order valence-corrected chi connectivity index (χ3v) is 3.91. The molecule has 1 aromatic carbocycles. The van der Waals surface area contributed by atoms with Crippen molar-refractivity contribution in [3.8, 4) is 0 Å². The normalized spacial score (nSPS) is 20.2. The molecule has 104 valence electrons. The van der Waals surface area contributed by atoms with Crippen molar-refractivity contribution >= 4 is 39.1 Å². The third kappa shape index (κ3) is 3.05. The van der Waals surface area contributed by atoms with Crippen molar-refractivity contribution in [2.45, 2.75) is 12.6 Å². The first kappa shape index (κ1) is 14.7. The fourth-order valence-corrected chi connectivity index (χ4v) is 2.64. The maximum absolute atomic E-state index is 13.0. The molecule has 0 aliphatic carbocycles. The molecule has 1 heterocycles. The number of hydrogen-bond donors (Lipinski definition) is 0. The number of rotatable bonds is 2. The molecule has 1 aliphatic rings. The van der Waals surface area contributed by atoms with Crippen LogP contribution in [0.4, 0.5) is 18.9 Å². The van der Waals surface area contributed by atoms with Crippen molar-refractivity contribution in [2.24, 2.45) is 5.92 Å². The zero-order chi connectivity index (χ0) is 14.2. The van der Waals surface area contributed by atoms with E-state index in [2.05, 4.69) is 15.9 Å². The van der Waals surface area contributed by atoms with Crippen LogP contribution in [0.15, 0.2) is 22.7 Å². The van der Waals surface area contributed by atoms with Crippen LogP contribution in [0.1, 0.15) is 12.0 Å². The number of carbonyl (C=O) groups excluding carboxylic acids is 1. The number of carbonyl (C=O) groups is 1. The Hall–Kier alpha value is -0.750.